The maximum Gasteiger partial charge on any atom is 0.349 e. The Hall–Kier alpha value is 0.114. The van der Waals surface area contributed by atoms with Crippen molar-refractivity contribution in [2.24, 2.45) is 17.8 Å². The van der Waals surface area contributed by atoms with Crippen LogP contribution in [0.4, 0.5) is 0 Å². The fourth-order valence-corrected chi connectivity index (χ4v) is 18.7. The van der Waals surface area contributed by atoms with Crippen molar-refractivity contribution in [3.63, 3.8) is 0 Å². The molecule has 0 saturated carbocycles. The predicted octanol–water partition coefficient (Wildman–Crippen LogP) is 7.87. The Bertz CT molecular complexity index is 874. The highest BCUT2D eigenvalue weighted by Crippen LogP contribution is 2.56. The molecule has 8 nitrogen and oxygen atoms in total. The first kappa shape index (κ1) is 40.5. The van der Waals surface area contributed by atoms with E-state index in [1.165, 1.54) is 0 Å². The Morgan fingerprint density at radius 2 is 1.02 bits per heavy atom. The lowest BCUT2D eigenvalue weighted by atomic mass is 9.84. The van der Waals surface area contributed by atoms with Crippen LogP contribution in [0.3, 0.4) is 0 Å². The highest BCUT2D eigenvalue weighted by Gasteiger charge is 2.64. The van der Waals surface area contributed by atoms with Gasteiger partial charge in [-0.15, -0.1) is 0 Å². The molecule has 0 aromatic rings. The number of rotatable bonds is 4. The normalized spacial score (nSPS) is 36.4. The summed E-state index contributed by atoms with van der Waals surface area (Å²) in [7, 11) is -4.88. The van der Waals surface area contributed by atoms with Gasteiger partial charge in [0.15, 0.2) is 0 Å². The summed E-state index contributed by atoms with van der Waals surface area (Å²) < 4.78 is 38.9. The van der Waals surface area contributed by atoms with Crippen molar-refractivity contribution in [2.45, 2.75) is 193 Å². The Balaban J connectivity index is 0.000000250. The van der Waals surface area contributed by atoms with Crippen molar-refractivity contribution < 1.29 is 37.4 Å². The average Bonchev–Trinajstić information content (AvgIpc) is 2.92. The summed E-state index contributed by atoms with van der Waals surface area (Å²) >= 11 is 0. The second kappa shape index (κ2) is 14.4. The van der Waals surface area contributed by atoms with E-state index in [0.717, 1.165) is 12.8 Å². The molecule has 0 radical (unpaired) electrons. The van der Waals surface area contributed by atoms with Crippen molar-refractivity contribution in [1.82, 2.24) is 0 Å². The van der Waals surface area contributed by atoms with Crippen LogP contribution in [0.1, 0.15) is 130 Å². The third-order valence-corrected chi connectivity index (χ3v) is 21.4. The molecular weight excluding hydrogens is 617 g/mol. The molecule has 272 valence electrons. The van der Waals surface area contributed by atoms with Gasteiger partial charge < -0.3 is 37.4 Å². The van der Waals surface area contributed by atoms with E-state index in [-0.39, 0.29) is 63.2 Å². The largest absolute Gasteiger partial charge is 0.396 e. The minimum atomic E-state index is -2.52. The molecule has 0 bridgehead atoms. The summed E-state index contributed by atoms with van der Waals surface area (Å²) in [5, 5.41) is 19.7. The van der Waals surface area contributed by atoms with Crippen LogP contribution >= 0.6 is 0 Å². The van der Waals surface area contributed by atoms with Crippen LogP contribution in [0.2, 0.25) is 20.2 Å². The zero-order valence-corrected chi connectivity index (χ0v) is 34.4. The summed E-state index contributed by atoms with van der Waals surface area (Å²) in [5.41, 5.74) is 0. The lowest BCUT2D eigenvalue weighted by Crippen LogP contribution is -2.67. The summed E-state index contributed by atoms with van der Waals surface area (Å²) in [6.45, 7) is 36.7. The molecule has 0 amide bonds. The van der Waals surface area contributed by atoms with Crippen molar-refractivity contribution in [3.8, 4) is 0 Å². The van der Waals surface area contributed by atoms with E-state index in [2.05, 4.69) is 104 Å². The van der Waals surface area contributed by atoms with E-state index in [1.54, 1.807) is 0 Å². The van der Waals surface area contributed by atoms with Gasteiger partial charge in [0, 0.05) is 39.1 Å². The Labute approximate surface area is 284 Å². The highest BCUT2D eigenvalue weighted by molar-refractivity contribution is 6.74. The highest BCUT2D eigenvalue weighted by atomic mass is 28.4. The van der Waals surface area contributed by atoms with Gasteiger partial charge in [0.25, 0.3) is 0 Å². The first-order chi connectivity index (χ1) is 20.9. The van der Waals surface area contributed by atoms with E-state index in [0.29, 0.717) is 37.6 Å². The molecule has 4 aliphatic rings. The van der Waals surface area contributed by atoms with Crippen LogP contribution in [0.15, 0.2) is 0 Å². The summed E-state index contributed by atoms with van der Waals surface area (Å²) in [6.07, 6.45) is 2.19. The van der Waals surface area contributed by atoms with Gasteiger partial charge in [-0.2, -0.15) is 0 Å². The Morgan fingerprint density at radius 3 is 1.39 bits per heavy atom. The van der Waals surface area contributed by atoms with E-state index < -0.39 is 23.2 Å². The molecule has 0 aliphatic carbocycles. The fourth-order valence-electron chi connectivity index (χ4n) is 8.78. The molecule has 4 saturated heterocycles. The van der Waals surface area contributed by atoms with E-state index in [9.17, 15) is 10.2 Å². The first-order valence-corrected chi connectivity index (χ1v) is 21.7. The van der Waals surface area contributed by atoms with Crippen molar-refractivity contribution in [1.29, 1.82) is 0 Å². The molecule has 0 spiro atoms. The second-order valence-electron chi connectivity index (χ2n) is 19.0. The fraction of sp³-hybridized carbons (Fsp3) is 1.00. The molecule has 4 rings (SSSR count). The topological polar surface area (TPSA) is 95.8 Å². The van der Waals surface area contributed by atoms with E-state index in [4.69, 9.17) is 27.2 Å². The van der Waals surface area contributed by atoms with Crippen LogP contribution < -0.4 is 0 Å². The third-order valence-electron chi connectivity index (χ3n) is 11.1. The lowest BCUT2D eigenvalue weighted by molar-refractivity contribution is -0.213. The van der Waals surface area contributed by atoms with Crippen LogP contribution in [0.25, 0.3) is 0 Å². The maximum absolute atomic E-state index is 10.4. The summed E-state index contributed by atoms with van der Waals surface area (Å²) in [4.78, 5) is 0. The standard InChI is InChI=1S/C19H38O3Si.C17H34O5Si/c1-10-13(2)17-14(3)11-15-16(21-17)12-20-23(22-15,18(4,5)6)19(7,8)9;1-11(9-18)15-12(19)8-13-14(21-15)10-20-23(22-13,16(2,3)4)17(5,6)7/h13-17H,10-12H2,1-9H3;11-15,18-19H,8-10H2,1-7H3/t13-,14+,15-,16-,17+;11-,12+,13-,14-,15+/m11/s1. The minimum absolute atomic E-state index is 0.00347. The molecule has 10 heteroatoms. The van der Waals surface area contributed by atoms with Crippen molar-refractivity contribution in [2.75, 3.05) is 19.8 Å². The molecule has 2 N–H and O–H groups in total. The number of aliphatic hydroxyl groups is 2. The zero-order valence-electron chi connectivity index (χ0n) is 32.4. The van der Waals surface area contributed by atoms with Gasteiger partial charge >= 0.3 is 17.1 Å². The molecule has 46 heavy (non-hydrogen) atoms. The third kappa shape index (κ3) is 7.86. The van der Waals surface area contributed by atoms with Gasteiger partial charge in [-0.3, -0.25) is 0 Å². The maximum atomic E-state index is 10.4. The monoisotopic (exact) mass is 688 g/mol. The van der Waals surface area contributed by atoms with Gasteiger partial charge in [-0.25, -0.2) is 0 Å². The number of ether oxygens (including phenoxy) is 2. The van der Waals surface area contributed by atoms with E-state index in [1.807, 2.05) is 6.92 Å². The zero-order chi connectivity index (χ0) is 35.3. The number of hydrogen-bond donors (Lipinski definition) is 2. The van der Waals surface area contributed by atoms with Crippen LogP contribution in [0.5, 0.6) is 0 Å². The summed E-state index contributed by atoms with van der Waals surface area (Å²) in [5.74, 6) is 1.05. The van der Waals surface area contributed by atoms with Gasteiger partial charge in [-0.1, -0.05) is 117 Å². The Kier molecular flexibility index (Phi) is 12.7. The number of fused-ring (bicyclic) bond motifs is 2. The molecular formula is C36H72O8Si2. The molecule has 10 atom stereocenters. The number of hydrogen-bond acceptors (Lipinski definition) is 8. The lowest BCUT2D eigenvalue weighted by Gasteiger charge is -2.57. The summed E-state index contributed by atoms with van der Waals surface area (Å²) in [6, 6.07) is 0. The molecule has 0 unspecified atom stereocenters. The minimum Gasteiger partial charge on any atom is -0.396 e. The van der Waals surface area contributed by atoms with Crippen molar-refractivity contribution in [3.05, 3.63) is 0 Å². The molecule has 4 heterocycles. The Morgan fingerprint density at radius 1 is 0.630 bits per heavy atom. The van der Waals surface area contributed by atoms with Crippen molar-refractivity contribution >= 4 is 17.1 Å². The van der Waals surface area contributed by atoms with Crippen LogP contribution in [-0.4, -0.2) is 89.9 Å². The average molecular weight is 689 g/mol. The predicted molar refractivity (Wildman–Crippen MR) is 189 cm³/mol. The smallest absolute Gasteiger partial charge is 0.349 e. The quantitative estimate of drug-likeness (QED) is 0.288. The first-order valence-electron chi connectivity index (χ1n) is 18.1. The second-order valence-corrected chi connectivity index (χ2v) is 28.5. The van der Waals surface area contributed by atoms with Gasteiger partial charge in [0.05, 0.1) is 43.7 Å². The molecule has 4 fully saturated rings. The molecule has 0 aromatic carbocycles. The molecule has 4 aliphatic heterocycles. The van der Waals surface area contributed by atoms with Crippen LogP contribution in [-0.2, 0) is 27.2 Å². The van der Waals surface area contributed by atoms with Gasteiger partial charge in [-0.05, 0) is 18.3 Å². The van der Waals surface area contributed by atoms with Gasteiger partial charge in [0.1, 0.15) is 12.2 Å². The van der Waals surface area contributed by atoms with Gasteiger partial charge in [0.2, 0.25) is 0 Å². The van der Waals surface area contributed by atoms with Crippen LogP contribution in [0, 0.1) is 17.8 Å². The SMILES string of the molecule is CC[C@@H](C)[C@@H]1O[C@@H]2CO[Si](C(C)(C)C)(C(C)(C)C)O[C@@H]2C[C@@H]1C.C[C@H](CO)[C@@H]1O[C@@H]2CO[Si](C(C)(C)C)(C(C)(C)C)O[C@@H]2C[C@@H]1O. The van der Waals surface area contributed by atoms with E-state index >= 15 is 0 Å². The molecule has 0 aromatic heterocycles. The number of aliphatic hydroxyl groups excluding tert-OH is 2.